The molecule has 1 aromatic heterocycles. The summed E-state index contributed by atoms with van der Waals surface area (Å²) >= 11 is 0. The minimum atomic E-state index is -0.0676. The molecule has 0 bridgehead atoms. The van der Waals surface area contributed by atoms with Crippen LogP contribution >= 0.6 is 0 Å². The Balaban J connectivity index is 1.37. The van der Waals surface area contributed by atoms with Crippen molar-refractivity contribution in [2.45, 2.75) is 44.6 Å². The monoisotopic (exact) mass is 366 g/mol. The first-order chi connectivity index (χ1) is 13.3. The molecule has 2 aromatic rings. The van der Waals surface area contributed by atoms with Gasteiger partial charge in [-0.2, -0.15) is 0 Å². The first kappa shape index (κ1) is 17.8. The van der Waals surface area contributed by atoms with E-state index in [9.17, 15) is 4.79 Å². The highest BCUT2D eigenvalue weighted by atomic mass is 16.5. The molecule has 1 saturated heterocycles. The number of hydrogen-bond donors (Lipinski definition) is 1. The van der Waals surface area contributed by atoms with Gasteiger partial charge in [-0.3, -0.25) is 4.79 Å². The quantitative estimate of drug-likeness (QED) is 0.875. The van der Waals surface area contributed by atoms with Crippen LogP contribution in [0.15, 0.2) is 42.7 Å². The summed E-state index contributed by atoms with van der Waals surface area (Å²) in [6.45, 7) is 1.53. The van der Waals surface area contributed by atoms with E-state index >= 15 is 0 Å². The summed E-state index contributed by atoms with van der Waals surface area (Å²) in [6.07, 6.45) is 10.4. The van der Waals surface area contributed by atoms with Crippen molar-refractivity contribution in [3.8, 4) is 5.75 Å². The largest absolute Gasteiger partial charge is 0.490 e. The van der Waals surface area contributed by atoms with Crippen LogP contribution in [0.5, 0.6) is 5.75 Å². The predicted octanol–water partition coefficient (Wildman–Crippen LogP) is 3.65. The normalized spacial score (nSPS) is 20.4. The minimum absolute atomic E-state index is 0.0497. The maximum Gasteiger partial charge on any atom is 0.229 e. The molecule has 1 aliphatic carbocycles. The highest BCUT2D eigenvalue weighted by Crippen LogP contribution is 2.27. The van der Waals surface area contributed by atoms with Gasteiger partial charge in [0.2, 0.25) is 11.9 Å². The first-order valence-corrected chi connectivity index (χ1v) is 9.87. The van der Waals surface area contributed by atoms with E-state index in [4.69, 9.17) is 4.74 Å². The van der Waals surface area contributed by atoms with Crippen molar-refractivity contribution >= 4 is 17.5 Å². The molecule has 4 rings (SSSR count). The molecule has 1 amide bonds. The highest BCUT2D eigenvalue weighted by molar-refractivity contribution is 5.93. The molecule has 2 heterocycles. The number of carbonyl (C=O) groups excluding carboxylic acids is 1. The van der Waals surface area contributed by atoms with Gasteiger partial charge in [-0.15, -0.1) is 0 Å². The van der Waals surface area contributed by atoms with E-state index in [1.807, 2.05) is 24.3 Å². The molecule has 6 heteroatoms. The van der Waals surface area contributed by atoms with Gasteiger partial charge in [0.05, 0.1) is 12.0 Å². The Hall–Kier alpha value is -2.63. The third-order valence-corrected chi connectivity index (χ3v) is 5.33. The maximum atomic E-state index is 12.8. The molecule has 6 nitrogen and oxygen atoms in total. The van der Waals surface area contributed by atoms with Crippen molar-refractivity contribution < 1.29 is 9.53 Å². The van der Waals surface area contributed by atoms with Gasteiger partial charge in [-0.05, 0) is 56.7 Å². The molecular formula is C21H26N4O2. The van der Waals surface area contributed by atoms with Crippen molar-refractivity contribution in [2.24, 2.45) is 5.92 Å². The zero-order valence-electron chi connectivity index (χ0n) is 15.5. The van der Waals surface area contributed by atoms with E-state index in [2.05, 4.69) is 20.2 Å². The fourth-order valence-electron chi connectivity index (χ4n) is 3.92. The Bertz CT molecular complexity index is 762. The van der Waals surface area contributed by atoms with Crippen molar-refractivity contribution in [1.29, 1.82) is 0 Å². The van der Waals surface area contributed by atoms with E-state index < -0.39 is 0 Å². The molecule has 1 saturated carbocycles. The molecule has 142 valence electrons. The number of amides is 1. The summed E-state index contributed by atoms with van der Waals surface area (Å²) in [5.41, 5.74) is 0.795. The van der Waals surface area contributed by atoms with Crippen LogP contribution in [0.1, 0.15) is 38.5 Å². The fourth-order valence-corrected chi connectivity index (χ4v) is 3.92. The number of piperidine rings is 1. The average Bonchev–Trinajstić information content (AvgIpc) is 3.22. The highest BCUT2D eigenvalue weighted by Gasteiger charge is 2.27. The summed E-state index contributed by atoms with van der Waals surface area (Å²) in [5, 5.41) is 3.06. The van der Waals surface area contributed by atoms with Crippen molar-refractivity contribution in [1.82, 2.24) is 9.97 Å². The van der Waals surface area contributed by atoms with Crippen molar-refractivity contribution in [3.63, 3.8) is 0 Å². The molecule has 27 heavy (non-hydrogen) atoms. The van der Waals surface area contributed by atoms with Crippen LogP contribution in [0.25, 0.3) is 0 Å². The summed E-state index contributed by atoms with van der Waals surface area (Å²) < 4.78 is 6.04. The SMILES string of the molecule is O=C(Nc1cccc(OC2CCCC2)c1)C1CCCN(c2ncccn2)C1. The van der Waals surface area contributed by atoms with E-state index in [0.29, 0.717) is 18.6 Å². The van der Waals surface area contributed by atoms with Gasteiger partial charge in [0.15, 0.2) is 0 Å². The molecular weight excluding hydrogens is 340 g/mol. The van der Waals surface area contributed by atoms with Crippen LogP contribution in [-0.4, -0.2) is 35.1 Å². The average molecular weight is 366 g/mol. The van der Waals surface area contributed by atoms with Crippen LogP contribution in [-0.2, 0) is 4.79 Å². The smallest absolute Gasteiger partial charge is 0.229 e. The lowest BCUT2D eigenvalue weighted by Crippen LogP contribution is -2.41. The van der Waals surface area contributed by atoms with Crippen LogP contribution in [0.3, 0.4) is 0 Å². The van der Waals surface area contributed by atoms with Gasteiger partial charge >= 0.3 is 0 Å². The van der Waals surface area contributed by atoms with E-state index in [0.717, 1.165) is 43.7 Å². The summed E-state index contributed by atoms with van der Waals surface area (Å²) in [6, 6.07) is 9.55. The van der Waals surface area contributed by atoms with Gasteiger partial charge in [-0.1, -0.05) is 6.07 Å². The van der Waals surface area contributed by atoms with Crippen molar-refractivity contribution in [2.75, 3.05) is 23.3 Å². The Labute approximate surface area is 160 Å². The van der Waals surface area contributed by atoms with Gasteiger partial charge in [-0.25, -0.2) is 9.97 Å². The zero-order chi connectivity index (χ0) is 18.5. The minimum Gasteiger partial charge on any atom is -0.490 e. The predicted molar refractivity (Wildman–Crippen MR) is 105 cm³/mol. The van der Waals surface area contributed by atoms with Gasteiger partial charge in [0.1, 0.15) is 5.75 Å². The Morgan fingerprint density at radius 1 is 1.07 bits per heavy atom. The number of hydrogen-bond acceptors (Lipinski definition) is 5. The van der Waals surface area contributed by atoms with Crippen LogP contribution in [0.2, 0.25) is 0 Å². The topological polar surface area (TPSA) is 67.3 Å². The summed E-state index contributed by atoms with van der Waals surface area (Å²) in [7, 11) is 0. The molecule has 2 fully saturated rings. The Morgan fingerprint density at radius 2 is 1.89 bits per heavy atom. The standard InChI is InChI=1S/C21H26N4O2/c26-20(16-6-4-13-25(15-16)21-22-11-5-12-23-21)24-17-7-3-10-19(14-17)27-18-8-1-2-9-18/h3,5,7,10-12,14,16,18H,1-2,4,6,8-9,13,15H2,(H,24,26). The Kier molecular flexibility index (Phi) is 5.51. The first-order valence-electron chi connectivity index (χ1n) is 9.87. The van der Waals surface area contributed by atoms with Crippen LogP contribution in [0, 0.1) is 5.92 Å². The van der Waals surface area contributed by atoms with Crippen LogP contribution in [0.4, 0.5) is 11.6 Å². The molecule has 1 unspecified atom stereocenters. The number of nitrogens with one attached hydrogen (secondary N) is 1. The number of nitrogens with zero attached hydrogens (tertiary/aromatic N) is 3. The molecule has 1 N–H and O–H groups in total. The number of carbonyl (C=O) groups is 1. The van der Waals surface area contributed by atoms with E-state index in [-0.39, 0.29) is 11.8 Å². The summed E-state index contributed by atoms with van der Waals surface area (Å²) in [5.74, 6) is 1.51. The van der Waals surface area contributed by atoms with Gasteiger partial charge < -0.3 is 15.0 Å². The number of anilines is 2. The lowest BCUT2D eigenvalue weighted by atomic mass is 9.97. The third kappa shape index (κ3) is 4.56. The number of ether oxygens (including phenoxy) is 1. The lowest BCUT2D eigenvalue weighted by Gasteiger charge is -2.31. The van der Waals surface area contributed by atoms with Gasteiger partial charge in [0, 0.05) is 37.2 Å². The second-order valence-corrected chi connectivity index (χ2v) is 7.38. The zero-order valence-corrected chi connectivity index (χ0v) is 15.5. The molecule has 0 spiro atoms. The van der Waals surface area contributed by atoms with Crippen LogP contribution < -0.4 is 15.0 Å². The number of benzene rings is 1. The lowest BCUT2D eigenvalue weighted by molar-refractivity contribution is -0.120. The molecule has 1 atom stereocenters. The maximum absolute atomic E-state index is 12.8. The van der Waals surface area contributed by atoms with E-state index in [1.165, 1.54) is 12.8 Å². The molecule has 2 aliphatic rings. The molecule has 1 aliphatic heterocycles. The second kappa shape index (κ2) is 8.37. The van der Waals surface area contributed by atoms with Crippen molar-refractivity contribution in [3.05, 3.63) is 42.7 Å². The third-order valence-electron chi connectivity index (χ3n) is 5.33. The van der Waals surface area contributed by atoms with E-state index in [1.54, 1.807) is 18.5 Å². The number of aromatic nitrogens is 2. The second-order valence-electron chi connectivity index (χ2n) is 7.38. The fraction of sp³-hybridized carbons (Fsp3) is 0.476. The Morgan fingerprint density at radius 3 is 2.70 bits per heavy atom. The van der Waals surface area contributed by atoms with Gasteiger partial charge in [0.25, 0.3) is 0 Å². The summed E-state index contributed by atoms with van der Waals surface area (Å²) in [4.78, 5) is 23.5. The molecule has 1 aromatic carbocycles. The molecule has 0 radical (unpaired) electrons. The number of rotatable bonds is 5.